The molecule has 0 amide bonds. The molecule has 12 aromatic rings. The van der Waals surface area contributed by atoms with E-state index in [4.69, 9.17) is 47.9 Å². The largest absolute Gasteiger partial charge is 0.497 e. The molecule has 0 aliphatic carbocycles. The predicted octanol–water partition coefficient (Wildman–Crippen LogP) is 17.3. The zero-order valence-corrected chi connectivity index (χ0v) is 62.2. The number of nitriles is 1. The number of hydrogen-bond donors (Lipinski definition) is 6. The number of aryl methyl sites for hydroxylation is 5. The lowest BCUT2D eigenvalue weighted by Crippen LogP contribution is -2.11. The van der Waals surface area contributed by atoms with Crippen LogP contribution in [0.2, 0.25) is 0 Å². The maximum Gasteiger partial charge on any atom is 0.347 e. The van der Waals surface area contributed by atoms with E-state index in [2.05, 4.69) is 66.5 Å². The lowest BCUT2D eigenvalue weighted by molar-refractivity contribution is 0.0600. The number of anilines is 12. The summed E-state index contributed by atoms with van der Waals surface area (Å²) in [4.78, 5) is 63.5. The second-order valence-electron chi connectivity index (χ2n) is 23.7. The average Bonchev–Trinajstić information content (AvgIpc) is 0.816. The number of carbonyl (C=O) groups is 3. The van der Waals surface area contributed by atoms with Crippen LogP contribution >= 0.6 is 0 Å². The molecule has 0 saturated heterocycles. The van der Waals surface area contributed by atoms with Gasteiger partial charge in [0.05, 0.1) is 74.1 Å². The minimum absolute atomic E-state index is 0.178. The van der Waals surface area contributed by atoms with Crippen LogP contribution in [0.5, 0.6) is 51.7 Å². The van der Waals surface area contributed by atoms with Crippen LogP contribution in [0, 0.1) is 45.9 Å². The van der Waals surface area contributed by atoms with Crippen molar-refractivity contribution in [3.63, 3.8) is 0 Å². The lowest BCUT2D eigenvalue weighted by Gasteiger charge is -2.13. The van der Waals surface area contributed by atoms with E-state index in [1.807, 2.05) is 186 Å². The molecule has 0 atom stereocenters. The third-order valence-electron chi connectivity index (χ3n) is 15.5. The van der Waals surface area contributed by atoms with Gasteiger partial charge in [-0.05, 0) is 196 Å². The maximum atomic E-state index is 12.4. The van der Waals surface area contributed by atoms with Crippen LogP contribution < -0.4 is 74.5 Å². The number of ether oxygens (including phenoxy) is 10. The van der Waals surface area contributed by atoms with Crippen LogP contribution in [0.15, 0.2) is 218 Å². The number of nitrogens with one attached hydrogen (secondary N) is 6. The fourth-order valence-electron chi connectivity index (χ4n) is 10.2. The van der Waals surface area contributed by atoms with Crippen molar-refractivity contribution in [2.45, 2.75) is 34.6 Å². The molecule has 26 nitrogen and oxygen atoms in total. The highest BCUT2D eigenvalue weighted by atomic mass is 16.6. The molecule has 0 unspecified atom stereocenters. The van der Waals surface area contributed by atoms with E-state index < -0.39 is 17.9 Å². The van der Waals surface area contributed by atoms with Crippen LogP contribution in [-0.4, -0.2) is 105 Å². The second kappa shape index (κ2) is 38.9. The highest BCUT2D eigenvalue weighted by Gasteiger charge is 2.22. The van der Waals surface area contributed by atoms with E-state index in [-0.39, 0.29) is 22.6 Å². The number of hydrogen-bond acceptors (Lipinski definition) is 26. The zero-order chi connectivity index (χ0) is 77.8. The van der Waals surface area contributed by atoms with Crippen molar-refractivity contribution in [3.8, 4) is 57.8 Å². The van der Waals surface area contributed by atoms with Crippen LogP contribution in [0.25, 0.3) is 0 Å². The molecule has 0 saturated carbocycles. The number of aromatic nitrogens is 6. The second-order valence-corrected chi connectivity index (χ2v) is 23.7. The number of benzene rings is 10. The van der Waals surface area contributed by atoms with Gasteiger partial charge in [0, 0.05) is 58.4 Å². The molecule has 0 aliphatic rings. The molecule has 0 aliphatic heterocycles. The maximum absolute atomic E-state index is 12.4. The topological polar surface area (TPSA) is 317 Å². The van der Waals surface area contributed by atoms with Gasteiger partial charge in [-0.25, -0.2) is 14.4 Å². The van der Waals surface area contributed by atoms with Gasteiger partial charge in [0.15, 0.2) is 23.0 Å². The summed E-state index contributed by atoms with van der Waals surface area (Å²) in [5.41, 5.74) is 12.4. The summed E-state index contributed by atoms with van der Waals surface area (Å²) in [5.74, 6) is 4.57. The number of esters is 3. The number of carbonyl (C=O) groups excluding carboxylic acids is 3. The monoisotopic (exact) mass is 1470 g/mol. The first-order valence-electron chi connectivity index (χ1n) is 33.6. The fourth-order valence-corrected chi connectivity index (χ4v) is 10.2. The van der Waals surface area contributed by atoms with E-state index in [1.54, 1.807) is 37.4 Å². The van der Waals surface area contributed by atoms with Crippen molar-refractivity contribution in [1.82, 2.24) is 29.9 Å². The van der Waals surface area contributed by atoms with E-state index >= 15 is 0 Å². The molecule has 2 aromatic heterocycles. The van der Waals surface area contributed by atoms with Gasteiger partial charge in [-0.2, -0.15) is 35.2 Å². The first kappa shape index (κ1) is 78.7. The first-order chi connectivity index (χ1) is 52.8. The summed E-state index contributed by atoms with van der Waals surface area (Å²) >= 11 is 0. The number of nitrogens with zero attached hydrogens (tertiary/aromatic N) is 7. The summed E-state index contributed by atoms with van der Waals surface area (Å²) in [6.45, 7) is 10.2. The molecule has 26 heteroatoms. The Kier molecular flexibility index (Phi) is 28.0. The van der Waals surface area contributed by atoms with Crippen molar-refractivity contribution in [2.24, 2.45) is 0 Å². The Morgan fingerprint density at radius 1 is 0.294 bits per heavy atom. The van der Waals surface area contributed by atoms with Crippen molar-refractivity contribution >= 4 is 87.7 Å². The molecular weight excluding hydrogens is 1390 g/mol. The Morgan fingerprint density at radius 3 is 0.835 bits per heavy atom. The van der Waals surface area contributed by atoms with Crippen molar-refractivity contribution < 1.29 is 61.8 Å². The third-order valence-corrected chi connectivity index (χ3v) is 15.5. The summed E-state index contributed by atoms with van der Waals surface area (Å²) in [5, 5.41) is 28.4. The smallest absolute Gasteiger partial charge is 0.347 e. The predicted molar refractivity (Wildman–Crippen MR) is 419 cm³/mol. The van der Waals surface area contributed by atoms with Crippen LogP contribution in [-0.2, 0) is 4.74 Å². The molecule has 109 heavy (non-hydrogen) atoms. The molecule has 12 rings (SSSR count). The van der Waals surface area contributed by atoms with E-state index in [1.165, 1.54) is 92.2 Å². The molecule has 0 bridgehead atoms. The van der Waals surface area contributed by atoms with Gasteiger partial charge in [-0.15, -0.1) is 0 Å². The molecule has 6 N–H and O–H groups in total. The quantitative estimate of drug-likeness (QED) is 0.0242. The molecule has 0 radical (unpaired) electrons. The molecular formula is C83H81N13O13. The van der Waals surface area contributed by atoms with Gasteiger partial charge in [-0.3, -0.25) is 0 Å². The van der Waals surface area contributed by atoms with Crippen LogP contribution in [0.3, 0.4) is 0 Å². The van der Waals surface area contributed by atoms with Gasteiger partial charge in [0.1, 0.15) is 39.9 Å². The summed E-state index contributed by atoms with van der Waals surface area (Å²) in [7, 11) is 11.7. The molecule has 556 valence electrons. The van der Waals surface area contributed by atoms with E-state index in [9.17, 15) is 14.4 Å². The Bertz CT molecular complexity index is 4920. The summed E-state index contributed by atoms with van der Waals surface area (Å²) < 4.78 is 51.6. The minimum Gasteiger partial charge on any atom is -0.497 e. The van der Waals surface area contributed by atoms with Crippen molar-refractivity contribution in [2.75, 3.05) is 88.8 Å². The average molecular weight is 1470 g/mol. The first-order valence-corrected chi connectivity index (χ1v) is 33.6. The molecule has 2 heterocycles. The summed E-state index contributed by atoms with van der Waals surface area (Å²) in [6, 6.07) is 68.1. The zero-order valence-electron chi connectivity index (χ0n) is 62.2. The molecule has 0 fully saturated rings. The van der Waals surface area contributed by atoms with E-state index in [0.29, 0.717) is 81.3 Å². The Balaban J connectivity index is 0.000000169. The Labute approximate surface area is 631 Å². The van der Waals surface area contributed by atoms with Gasteiger partial charge in [0.25, 0.3) is 0 Å². The summed E-state index contributed by atoms with van der Waals surface area (Å²) in [6.07, 6.45) is 0. The Morgan fingerprint density at radius 2 is 0.569 bits per heavy atom. The van der Waals surface area contributed by atoms with Gasteiger partial charge >= 0.3 is 17.9 Å². The Hall–Kier alpha value is -14.5. The third kappa shape index (κ3) is 23.3. The van der Waals surface area contributed by atoms with Gasteiger partial charge in [-0.1, -0.05) is 60.7 Å². The number of methoxy groups -OCH3 is 8. The van der Waals surface area contributed by atoms with Crippen molar-refractivity contribution in [1.29, 1.82) is 5.26 Å². The normalized spacial score (nSPS) is 10.2. The minimum atomic E-state index is -0.636. The molecule has 10 aromatic carbocycles. The van der Waals surface area contributed by atoms with Gasteiger partial charge in [0.2, 0.25) is 35.7 Å². The van der Waals surface area contributed by atoms with Gasteiger partial charge < -0.3 is 79.3 Å². The SMILES string of the molecule is COC(=O)c1ccc(OC(=O)c2cc(OC)c(OC)cc2OC)cc1.COc1cc(OC)c(C(=O)Oc2ccc(C#N)cc2)cc1OC.COc1ccc(Nc2nc(Nc3cccc(C)c3)nc(Nc3cccc(C)c3)n2)cc1.Cc1cccc(Nc2nc(Nc3cccc(C)c3)nc(Nc3cccc(C)c3)n2)c1. The van der Waals surface area contributed by atoms with Crippen molar-refractivity contribution in [3.05, 3.63) is 268 Å². The standard InChI is InChI=1S/C24H24N6O.C24H24N6.C18H18O7.C17H15NO5/c1-16-6-4-8-19(14-16)26-23-28-22(25-18-10-12-21(31-3)13-11-18)29-24(30-23)27-20-9-5-7-17(2)15-20;1-16-7-4-10-19(13-16)25-22-28-23(26-20-11-5-8-17(2)14-20)30-24(29-22)27-21-12-6-9-18(3)15-21;1-21-14-10-16(23-3)15(22-2)9-13(14)18(20)25-12-7-5-11(6-8-12)17(19)24-4;1-20-14-9-16(22-3)15(21-2)8-13(14)17(19)23-12-6-4-11(10-18)5-7-12/h4-15H,1-3H3,(H3,25,26,27,28,29,30);4-15H,1-3H3,(H3,25,26,27,28,29,30);5-10H,1-4H3;4-9H,1-3H3. The highest BCUT2D eigenvalue weighted by Crippen LogP contribution is 2.37. The highest BCUT2D eigenvalue weighted by molar-refractivity contribution is 5.96. The van der Waals surface area contributed by atoms with Crippen LogP contribution in [0.4, 0.5) is 69.8 Å². The van der Waals surface area contributed by atoms with E-state index in [0.717, 1.165) is 67.7 Å². The van der Waals surface area contributed by atoms with Crippen LogP contribution in [0.1, 0.15) is 64.5 Å². The molecule has 0 spiro atoms. The fraction of sp³-hybridized carbons (Fsp3) is 0.157. The lowest BCUT2D eigenvalue weighted by atomic mass is 10.1. The number of rotatable bonds is 24.